The first-order valence-electron chi connectivity index (χ1n) is 5.35. The molecule has 2 amide bonds. The molecule has 2 N–H and O–H groups in total. The minimum atomic E-state index is -0.404. The molecule has 0 saturated heterocycles. The van der Waals surface area contributed by atoms with Gasteiger partial charge in [-0.15, -0.1) is 0 Å². The summed E-state index contributed by atoms with van der Waals surface area (Å²) in [5.41, 5.74) is 0.719. The fraction of sp³-hybridized carbons (Fsp3) is 0.0833. The van der Waals surface area contributed by atoms with Crippen molar-refractivity contribution in [3.8, 4) is 5.75 Å². The van der Waals surface area contributed by atoms with E-state index in [1.807, 2.05) is 0 Å². The predicted molar refractivity (Wildman–Crippen MR) is 85.3 cm³/mol. The second-order valence-corrected chi connectivity index (χ2v) is 6.59. The van der Waals surface area contributed by atoms with Crippen LogP contribution in [0.3, 0.4) is 0 Å². The number of benzene rings is 1. The number of carbonyl (C=O) groups is 2. The molecule has 2 rings (SSSR count). The third-order valence-electron chi connectivity index (χ3n) is 2.24. The summed E-state index contributed by atoms with van der Waals surface area (Å²) in [7, 11) is 0. The molecule has 0 unspecified atom stereocenters. The Bertz CT molecular complexity index is 648. The summed E-state index contributed by atoms with van der Waals surface area (Å²) in [5.74, 6) is -0.591. The van der Waals surface area contributed by atoms with E-state index < -0.39 is 5.91 Å². The number of phenols is 1. The van der Waals surface area contributed by atoms with Gasteiger partial charge in [0.2, 0.25) is 5.91 Å². The molecule has 0 bridgehead atoms. The van der Waals surface area contributed by atoms with Crippen LogP contribution in [0.15, 0.2) is 31.0 Å². The molecule has 0 aliphatic carbocycles. The van der Waals surface area contributed by atoms with Crippen LogP contribution in [-0.2, 0) is 9.59 Å². The van der Waals surface area contributed by atoms with Crippen LogP contribution in [0.25, 0.3) is 6.08 Å². The Balaban J connectivity index is 2.26. The number of halogens is 2. The van der Waals surface area contributed by atoms with E-state index in [9.17, 15) is 14.7 Å². The number of amidine groups is 1. The van der Waals surface area contributed by atoms with Gasteiger partial charge in [0.25, 0.3) is 5.91 Å². The maximum absolute atomic E-state index is 11.7. The summed E-state index contributed by atoms with van der Waals surface area (Å²) in [6.45, 7) is 1.35. The number of aromatic hydroxyl groups is 1. The predicted octanol–water partition coefficient (Wildman–Crippen LogP) is 3.02. The first kappa shape index (κ1) is 15.3. The highest BCUT2D eigenvalue weighted by Crippen LogP contribution is 2.35. The fourth-order valence-corrected chi connectivity index (χ4v) is 3.51. The van der Waals surface area contributed by atoms with Crippen molar-refractivity contribution in [2.75, 3.05) is 0 Å². The van der Waals surface area contributed by atoms with Crippen molar-refractivity contribution < 1.29 is 14.7 Å². The van der Waals surface area contributed by atoms with Crippen LogP contribution in [-0.4, -0.2) is 22.1 Å². The van der Waals surface area contributed by atoms with Crippen LogP contribution >= 0.6 is 43.6 Å². The van der Waals surface area contributed by atoms with E-state index in [1.165, 1.54) is 6.92 Å². The highest BCUT2D eigenvalue weighted by atomic mass is 79.9. The van der Waals surface area contributed by atoms with E-state index in [1.54, 1.807) is 18.2 Å². The van der Waals surface area contributed by atoms with Crippen molar-refractivity contribution in [3.05, 3.63) is 31.5 Å². The SMILES string of the molecule is CC(=O)NC1=NC(=O)/C(=C/c2cc(Br)c(O)c(Br)c2)S1. The number of rotatable bonds is 1. The lowest BCUT2D eigenvalue weighted by molar-refractivity contribution is -0.117. The van der Waals surface area contributed by atoms with Gasteiger partial charge in [0.15, 0.2) is 5.17 Å². The highest BCUT2D eigenvalue weighted by molar-refractivity contribution is 9.11. The first-order chi connectivity index (χ1) is 9.36. The number of amides is 2. The molecule has 8 heteroatoms. The molecule has 1 aliphatic heterocycles. The summed E-state index contributed by atoms with van der Waals surface area (Å²) in [5, 5.41) is 12.4. The van der Waals surface area contributed by atoms with Gasteiger partial charge in [0.1, 0.15) is 5.75 Å². The highest BCUT2D eigenvalue weighted by Gasteiger charge is 2.22. The second kappa shape index (κ2) is 6.11. The maximum Gasteiger partial charge on any atom is 0.286 e. The zero-order valence-corrected chi connectivity index (χ0v) is 14.1. The van der Waals surface area contributed by atoms with Gasteiger partial charge in [-0.3, -0.25) is 9.59 Å². The van der Waals surface area contributed by atoms with Crippen molar-refractivity contribution >= 4 is 66.7 Å². The molecule has 0 atom stereocenters. The molecule has 1 heterocycles. The largest absolute Gasteiger partial charge is 0.506 e. The van der Waals surface area contributed by atoms with Crippen molar-refractivity contribution in [1.82, 2.24) is 5.32 Å². The summed E-state index contributed by atoms with van der Waals surface area (Å²) >= 11 is 7.53. The zero-order chi connectivity index (χ0) is 14.9. The standard InChI is InChI=1S/C12H8Br2N2O3S/c1-5(17)15-12-16-11(19)9(20-12)4-6-2-7(13)10(18)8(14)3-6/h2-4,18H,1H3,(H,15,16,17,19)/b9-4-. The molecule has 0 spiro atoms. The molecule has 0 aromatic heterocycles. The van der Waals surface area contributed by atoms with Gasteiger partial charge in [-0.05, 0) is 67.4 Å². The quantitative estimate of drug-likeness (QED) is 0.685. The summed E-state index contributed by atoms with van der Waals surface area (Å²) in [4.78, 5) is 26.8. The molecular formula is C12H8Br2N2O3S. The number of thioether (sulfide) groups is 1. The van der Waals surface area contributed by atoms with Crippen LogP contribution < -0.4 is 5.32 Å². The Hall–Kier alpha value is -1.12. The summed E-state index contributed by atoms with van der Waals surface area (Å²) in [6.07, 6.45) is 1.64. The van der Waals surface area contributed by atoms with Crippen LogP contribution in [0.4, 0.5) is 0 Å². The molecule has 104 valence electrons. The van der Waals surface area contributed by atoms with E-state index in [2.05, 4.69) is 42.2 Å². The monoisotopic (exact) mass is 418 g/mol. The van der Waals surface area contributed by atoms with Crippen LogP contribution in [0.1, 0.15) is 12.5 Å². The van der Waals surface area contributed by atoms with Crippen molar-refractivity contribution in [2.24, 2.45) is 4.99 Å². The van der Waals surface area contributed by atoms with Crippen LogP contribution in [0.2, 0.25) is 0 Å². The Morgan fingerprint density at radius 2 is 2.00 bits per heavy atom. The lowest BCUT2D eigenvalue weighted by Crippen LogP contribution is -2.23. The van der Waals surface area contributed by atoms with Gasteiger partial charge in [0, 0.05) is 6.92 Å². The van der Waals surface area contributed by atoms with Crippen molar-refractivity contribution in [3.63, 3.8) is 0 Å². The number of phenolic OH excluding ortho intramolecular Hbond substituents is 1. The molecular weight excluding hydrogens is 412 g/mol. The van der Waals surface area contributed by atoms with E-state index in [0.717, 1.165) is 17.3 Å². The molecule has 5 nitrogen and oxygen atoms in total. The number of hydrogen-bond acceptors (Lipinski definition) is 4. The van der Waals surface area contributed by atoms with Gasteiger partial charge in [0.05, 0.1) is 13.9 Å². The zero-order valence-electron chi connectivity index (χ0n) is 10.1. The lowest BCUT2D eigenvalue weighted by Gasteiger charge is -2.03. The van der Waals surface area contributed by atoms with Crippen LogP contribution in [0, 0.1) is 0 Å². The third kappa shape index (κ3) is 3.50. The molecule has 1 aromatic rings. The topological polar surface area (TPSA) is 78.8 Å². The average Bonchev–Trinajstić information content (AvgIpc) is 2.65. The number of aliphatic imine (C=N–C) groups is 1. The van der Waals surface area contributed by atoms with E-state index in [0.29, 0.717) is 13.9 Å². The second-order valence-electron chi connectivity index (χ2n) is 3.85. The van der Waals surface area contributed by atoms with Gasteiger partial charge >= 0.3 is 0 Å². The Morgan fingerprint density at radius 3 is 2.55 bits per heavy atom. The fourth-order valence-electron chi connectivity index (χ4n) is 1.43. The normalized spacial score (nSPS) is 16.4. The minimum Gasteiger partial charge on any atom is -0.506 e. The molecule has 20 heavy (non-hydrogen) atoms. The maximum atomic E-state index is 11.7. The van der Waals surface area contributed by atoms with Gasteiger partial charge in [-0.2, -0.15) is 4.99 Å². The average molecular weight is 420 g/mol. The van der Waals surface area contributed by atoms with Gasteiger partial charge in [-0.1, -0.05) is 0 Å². The van der Waals surface area contributed by atoms with Crippen molar-refractivity contribution in [2.45, 2.75) is 6.92 Å². The van der Waals surface area contributed by atoms with E-state index in [-0.39, 0.29) is 16.8 Å². The van der Waals surface area contributed by atoms with E-state index in [4.69, 9.17) is 0 Å². The minimum absolute atomic E-state index is 0.0905. The molecule has 0 fully saturated rings. The summed E-state index contributed by atoms with van der Waals surface area (Å²) < 4.78 is 1.02. The number of carbonyl (C=O) groups excluding carboxylic acids is 2. The molecule has 0 radical (unpaired) electrons. The van der Waals surface area contributed by atoms with E-state index >= 15 is 0 Å². The molecule has 1 aromatic carbocycles. The smallest absolute Gasteiger partial charge is 0.286 e. The Kier molecular flexibility index (Phi) is 4.66. The molecule has 0 saturated carbocycles. The summed E-state index contributed by atoms with van der Waals surface area (Å²) in [6, 6.07) is 3.36. The van der Waals surface area contributed by atoms with Crippen molar-refractivity contribution in [1.29, 1.82) is 0 Å². The Labute approximate surface area is 135 Å². The number of nitrogens with zero attached hydrogens (tertiary/aromatic N) is 1. The lowest BCUT2D eigenvalue weighted by atomic mass is 10.2. The Morgan fingerprint density at radius 1 is 1.40 bits per heavy atom. The number of nitrogens with one attached hydrogen (secondary N) is 1. The third-order valence-corrected chi connectivity index (χ3v) is 4.35. The number of hydrogen-bond donors (Lipinski definition) is 2. The van der Waals surface area contributed by atoms with Gasteiger partial charge in [-0.25, -0.2) is 0 Å². The molecule has 1 aliphatic rings. The first-order valence-corrected chi connectivity index (χ1v) is 7.75. The van der Waals surface area contributed by atoms with Gasteiger partial charge < -0.3 is 10.4 Å². The van der Waals surface area contributed by atoms with Crippen LogP contribution in [0.5, 0.6) is 5.75 Å².